The van der Waals surface area contributed by atoms with Crippen LogP contribution in [0.5, 0.6) is 17.2 Å². The molecule has 0 N–H and O–H groups in total. The van der Waals surface area contributed by atoms with E-state index < -0.39 is 23.1 Å². The Morgan fingerprint density at radius 3 is 2.51 bits per heavy atom. The molecule has 1 aromatic carbocycles. The molecular weight excluding hydrogens is 447 g/mol. The first-order valence-electron chi connectivity index (χ1n) is 11.9. The zero-order chi connectivity index (χ0) is 25.1. The number of nitrogens with zero attached hydrogens (tertiary/aromatic N) is 4. The lowest BCUT2D eigenvalue weighted by Crippen LogP contribution is -2.65. The molecule has 178 valence electrons. The Labute approximate surface area is 206 Å². The van der Waals surface area contributed by atoms with Crippen LogP contribution in [-0.4, -0.2) is 82.1 Å². The van der Waals surface area contributed by atoms with Crippen LogP contribution in [0.4, 0.5) is 10.2 Å². The zero-order valence-corrected chi connectivity index (χ0v) is 21.0. The largest absolute Gasteiger partial charge is 0.499 e. The van der Waals surface area contributed by atoms with Gasteiger partial charge in [0, 0.05) is 30.8 Å². The molecule has 13 heteroatoms. The monoisotopic (exact) mass is 474 g/mol. The number of aryl methyl sites for hydroxylation is 2. The molecule has 2 atom stereocenters. The van der Waals surface area contributed by atoms with Crippen LogP contribution in [0.2, 0.25) is 0 Å². The van der Waals surface area contributed by atoms with Crippen LogP contribution in [0.25, 0.3) is 5.65 Å². The summed E-state index contributed by atoms with van der Waals surface area (Å²) < 4.78 is 34.9. The maximum atomic E-state index is 15.3. The molecule has 0 amide bonds. The molecule has 2 aromatic heterocycles. The van der Waals surface area contributed by atoms with E-state index in [2.05, 4.69) is 10.1 Å². The Balaban J connectivity index is 1.32. The van der Waals surface area contributed by atoms with Crippen molar-refractivity contribution in [1.82, 2.24) is 14.6 Å². The normalized spacial score (nSPS) is 22.7. The predicted octanol–water partition coefficient (Wildman–Crippen LogP) is -1.69. The topological polar surface area (TPSA) is 78.2 Å². The van der Waals surface area contributed by atoms with Gasteiger partial charge in [-0.25, -0.2) is 9.37 Å². The van der Waals surface area contributed by atoms with Crippen LogP contribution in [-0.2, 0) is 0 Å². The molecule has 0 aliphatic carbocycles. The van der Waals surface area contributed by atoms with Crippen molar-refractivity contribution < 1.29 is 18.6 Å². The molecule has 1 fully saturated rings. The van der Waals surface area contributed by atoms with Gasteiger partial charge in [0.15, 0.2) is 29.1 Å². The van der Waals surface area contributed by atoms with Crippen molar-refractivity contribution in [3.63, 3.8) is 0 Å². The van der Waals surface area contributed by atoms with Gasteiger partial charge in [0.25, 0.3) is 5.56 Å². The lowest BCUT2D eigenvalue weighted by molar-refractivity contribution is 0.0587. The Bertz CT molecular complexity index is 1370. The van der Waals surface area contributed by atoms with Crippen molar-refractivity contribution in [1.29, 1.82) is 0 Å². The van der Waals surface area contributed by atoms with Gasteiger partial charge in [0.2, 0.25) is 0 Å². The molecule has 4 heterocycles. The Morgan fingerprint density at radius 1 is 1.09 bits per heavy atom. The number of hydrogen-bond donors (Lipinski definition) is 0. The van der Waals surface area contributed by atoms with Gasteiger partial charge in [-0.3, -0.25) is 4.79 Å². The molecular formula is C22H27B4FN4O4. The molecule has 0 spiro atoms. The fraction of sp³-hybridized carbons (Fsp3) is 0.409. The Morgan fingerprint density at radius 2 is 1.80 bits per heavy atom. The van der Waals surface area contributed by atoms with Crippen molar-refractivity contribution >= 4 is 42.9 Å². The van der Waals surface area contributed by atoms with Gasteiger partial charge >= 0.3 is 0 Å². The lowest BCUT2D eigenvalue weighted by Gasteiger charge is -2.47. The molecule has 2 aliphatic rings. The van der Waals surface area contributed by atoms with Crippen LogP contribution >= 0.6 is 0 Å². The third-order valence-corrected chi connectivity index (χ3v) is 7.11. The maximum absolute atomic E-state index is 15.3. The number of benzene rings is 1. The summed E-state index contributed by atoms with van der Waals surface area (Å²) >= 11 is 0. The van der Waals surface area contributed by atoms with E-state index in [1.165, 1.54) is 10.6 Å². The van der Waals surface area contributed by atoms with Crippen molar-refractivity contribution in [3.8, 4) is 17.2 Å². The third kappa shape index (κ3) is 4.25. The number of anilines is 1. The highest BCUT2D eigenvalue weighted by molar-refractivity contribution is 6.53. The number of piperidine rings is 1. The summed E-state index contributed by atoms with van der Waals surface area (Å²) in [5.74, 6) is 2.35. The maximum Gasteiger partial charge on any atom is 0.274 e. The minimum Gasteiger partial charge on any atom is -0.499 e. The van der Waals surface area contributed by atoms with Crippen LogP contribution in [0, 0.1) is 13.8 Å². The van der Waals surface area contributed by atoms with E-state index in [1.807, 2.05) is 49.3 Å². The van der Waals surface area contributed by atoms with E-state index in [9.17, 15) is 4.79 Å². The molecule has 2 aliphatic heterocycles. The fourth-order valence-electron chi connectivity index (χ4n) is 4.46. The van der Waals surface area contributed by atoms with Crippen LogP contribution in [0.1, 0.15) is 17.7 Å². The van der Waals surface area contributed by atoms with Gasteiger partial charge in [-0.05, 0) is 37.6 Å². The number of rotatable bonds is 3. The van der Waals surface area contributed by atoms with Gasteiger partial charge < -0.3 is 19.1 Å². The average molecular weight is 474 g/mol. The molecule has 0 unspecified atom stereocenters. The van der Waals surface area contributed by atoms with E-state index >= 15 is 4.39 Å². The van der Waals surface area contributed by atoms with E-state index in [4.69, 9.17) is 14.2 Å². The summed E-state index contributed by atoms with van der Waals surface area (Å²) in [5, 5.41) is 3.46. The highest BCUT2D eigenvalue weighted by atomic mass is 19.1. The van der Waals surface area contributed by atoms with Crippen LogP contribution in [0.15, 0.2) is 35.1 Å². The number of hydrogen-bond acceptors (Lipinski definition) is 7. The molecule has 0 saturated carbocycles. The molecule has 0 bridgehead atoms. The number of fused-ring (bicyclic) bond motifs is 2. The summed E-state index contributed by atoms with van der Waals surface area (Å²) in [4.78, 5) is 18.6. The smallest absolute Gasteiger partial charge is 0.274 e. The van der Waals surface area contributed by atoms with E-state index in [0.29, 0.717) is 47.4 Å². The third-order valence-electron chi connectivity index (χ3n) is 7.11. The predicted molar refractivity (Wildman–Crippen MR) is 142 cm³/mol. The number of aromatic nitrogens is 3. The van der Waals surface area contributed by atoms with Gasteiger partial charge in [0.05, 0.1) is 17.3 Å². The van der Waals surface area contributed by atoms with Crippen molar-refractivity contribution in [2.24, 2.45) is 0 Å². The van der Waals surface area contributed by atoms with Crippen molar-refractivity contribution in [3.05, 3.63) is 51.9 Å². The van der Waals surface area contributed by atoms with E-state index in [0.717, 1.165) is 5.56 Å². The molecule has 1 saturated heterocycles. The first kappa shape index (κ1) is 23.6. The second-order valence-corrected chi connectivity index (χ2v) is 10.4. The van der Waals surface area contributed by atoms with E-state index in [1.54, 1.807) is 25.1 Å². The molecule has 8 nitrogen and oxygen atoms in total. The first-order chi connectivity index (χ1) is 16.4. The van der Waals surface area contributed by atoms with E-state index in [-0.39, 0.29) is 12.1 Å². The molecule has 35 heavy (non-hydrogen) atoms. The molecule has 3 aromatic rings. The average Bonchev–Trinajstić information content (AvgIpc) is 2.75. The van der Waals surface area contributed by atoms with Gasteiger partial charge in [-0.15, -0.1) is 5.10 Å². The summed E-state index contributed by atoms with van der Waals surface area (Å²) in [6.07, 6.45) is -1.38. The number of ether oxygens (including phenoxy) is 3. The van der Waals surface area contributed by atoms with Gasteiger partial charge in [-0.1, -0.05) is 0 Å². The Kier molecular flexibility index (Phi) is 5.56. The summed E-state index contributed by atoms with van der Waals surface area (Å²) in [6.45, 7) is 4.32. The first-order valence-corrected chi connectivity index (χ1v) is 11.9. The van der Waals surface area contributed by atoms with Gasteiger partial charge in [0.1, 0.15) is 43.2 Å². The minimum absolute atomic E-state index is 0.115. The van der Waals surface area contributed by atoms with Crippen molar-refractivity contribution in [2.75, 3.05) is 18.0 Å². The van der Waals surface area contributed by atoms with Crippen LogP contribution < -0.4 is 24.7 Å². The quantitative estimate of drug-likeness (QED) is 0.420. The highest BCUT2D eigenvalue weighted by Crippen LogP contribution is 2.41. The second kappa shape index (κ2) is 8.24. The van der Waals surface area contributed by atoms with Crippen molar-refractivity contribution in [2.45, 2.75) is 43.3 Å². The summed E-state index contributed by atoms with van der Waals surface area (Å²) in [6, 6.07) is 8.60. The summed E-state index contributed by atoms with van der Waals surface area (Å²) in [7, 11) is 7.93. The summed E-state index contributed by atoms with van der Waals surface area (Å²) in [5.41, 5.74) is 1.70. The zero-order valence-electron chi connectivity index (χ0n) is 21.0. The number of alkyl halides is 1. The second-order valence-electron chi connectivity index (χ2n) is 10.4. The van der Waals surface area contributed by atoms with Gasteiger partial charge in [-0.2, -0.15) is 4.52 Å². The number of halogens is 1. The SMILES string of the molecule is BC1(B)Oc2ccc(O[C@@H]3CCN(c4nn5c(=O)cc(C)nc5cc4C)C[C@H]3F)cc2OC1(B)B. The highest BCUT2D eigenvalue weighted by Gasteiger charge is 2.44. The Hall–Kier alpha value is -3.10. The fourth-order valence-corrected chi connectivity index (χ4v) is 4.46. The molecule has 5 rings (SSSR count). The molecule has 0 radical (unpaired) electrons. The van der Waals surface area contributed by atoms with Crippen LogP contribution in [0.3, 0.4) is 0 Å². The standard InChI is InChI=1S/C22H27B4FN4O4/c1-11-7-18-28-12(2)8-19(32)31(18)29-20(11)30-6-5-15(14(27)10-30)33-13-3-4-16-17(9-13)35-22(25,26)21(23,24)34-16/h3-4,7-9,14-15H,5-6,10,23-26H2,1-2H3/t14-,15-/m1/s1. The lowest BCUT2D eigenvalue weighted by atomic mass is 9.41. The minimum atomic E-state index is -1.24.